The van der Waals surface area contributed by atoms with Gasteiger partial charge in [-0.15, -0.1) is 0 Å². The first-order valence-corrected chi connectivity index (χ1v) is 9.69. The molecule has 0 radical (unpaired) electrons. The molecule has 0 unspecified atom stereocenters. The van der Waals surface area contributed by atoms with E-state index in [1.165, 1.54) is 17.7 Å². The summed E-state index contributed by atoms with van der Waals surface area (Å²) < 4.78 is 5.35. The second-order valence-corrected chi connectivity index (χ2v) is 7.28. The highest BCUT2D eigenvalue weighted by Gasteiger charge is 2.13. The Kier molecular flexibility index (Phi) is 7.28. The van der Waals surface area contributed by atoms with Crippen LogP contribution in [0.4, 0.5) is 5.69 Å². The number of anilines is 1. The molecule has 6 nitrogen and oxygen atoms in total. The van der Waals surface area contributed by atoms with E-state index in [2.05, 4.69) is 15.5 Å². The average molecular weight is 422 g/mol. The fourth-order valence-corrected chi connectivity index (χ4v) is 3.34. The van der Waals surface area contributed by atoms with Crippen molar-refractivity contribution in [2.75, 3.05) is 38.2 Å². The van der Waals surface area contributed by atoms with Gasteiger partial charge in [-0.05, 0) is 35.9 Å². The van der Waals surface area contributed by atoms with Gasteiger partial charge in [-0.2, -0.15) is 0 Å². The van der Waals surface area contributed by atoms with Crippen molar-refractivity contribution in [2.24, 2.45) is 0 Å². The molecule has 2 aromatic rings. The summed E-state index contributed by atoms with van der Waals surface area (Å²) in [5.74, 6) is -0.753. The van der Waals surface area contributed by atoms with Crippen molar-refractivity contribution in [1.29, 1.82) is 0 Å². The van der Waals surface area contributed by atoms with Crippen molar-refractivity contribution in [3.8, 4) is 0 Å². The third-order valence-corrected chi connectivity index (χ3v) is 4.88. The van der Waals surface area contributed by atoms with Crippen molar-refractivity contribution in [3.05, 3.63) is 63.6 Å². The number of nitrogens with one attached hydrogen (secondary N) is 2. The van der Waals surface area contributed by atoms with Crippen LogP contribution in [0, 0.1) is 0 Å². The summed E-state index contributed by atoms with van der Waals surface area (Å²) >= 11 is 11.8. The lowest BCUT2D eigenvalue weighted by Crippen LogP contribution is -2.35. The van der Waals surface area contributed by atoms with Crippen LogP contribution in [0.2, 0.25) is 10.0 Å². The topological polar surface area (TPSA) is 70.7 Å². The van der Waals surface area contributed by atoms with E-state index in [0.29, 0.717) is 10.7 Å². The van der Waals surface area contributed by atoms with Crippen molar-refractivity contribution in [1.82, 2.24) is 10.2 Å². The number of hydrogen-bond acceptors (Lipinski definition) is 4. The Morgan fingerprint density at radius 2 is 1.75 bits per heavy atom. The summed E-state index contributed by atoms with van der Waals surface area (Å²) in [5, 5.41) is 5.99. The third kappa shape index (κ3) is 5.94. The van der Waals surface area contributed by atoms with Gasteiger partial charge in [0.05, 0.1) is 30.3 Å². The number of ether oxygens (including phenoxy) is 1. The Labute approximate surface area is 173 Å². The molecular weight excluding hydrogens is 401 g/mol. The second kappa shape index (κ2) is 9.89. The summed E-state index contributed by atoms with van der Waals surface area (Å²) in [7, 11) is 0. The van der Waals surface area contributed by atoms with Crippen LogP contribution >= 0.6 is 23.2 Å². The fourth-order valence-electron chi connectivity index (χ4n) is 2.85. The van der Waals surface area contributed by atoms with Crippen LogP contribution in [0.15, 0.2) is 42.5 Å². The molecule has 1 fully saturated rings. The van der Waals surface area contributed by atoms with E-state index in [4.69, 9.17) is 27.9 Å². The number of halogens is 2. The summed E-state index contributed by atoms with van der Waals surface area (Å²) in [6, 6.07) is 12.2. The van der Waals surface area contributed by atoms with Gasteiger partial charge in [0.1, 0.15) is 0 Å². The predicted molar refractivity (Wildman–Crippen MR) is 110 cm³/mol. The van der Waals surface area contributed by atoms with Crippen molar-refractivity contribution >= 4 is 40.7 Å². The first-order chi connectivity index (χ1) is 13.5. The van der Waals surface area contributed by atoms with E-state index in [9.17, 15) is 9.59 Å². The molecule has 8 heteroatoms. The number of rotatable bonds is 6. The monoisotopic (exact) mass is 421 g/mol. The molecule has 1 heterocycles. The summed E-state index contributed by atoms with van der Waals surface area (Å²) in [6.07, 6.45) is 0. The maximum absolute atomic E-state index is 12.1. The fraction of sp³-hybridized carbons (Fsp3) is 0.300. The van der Waals surface area contributed by atoms with E-state index in [0.717, 1.165) is 32.8 Å². The number of amides is 2. The zero-order valence-electron chi connectivity index (χ0n) is 15.2. The smallest absolute Gasteiger partial charge is 0.253 e. The van der Waals surface area contributed by atoms with E-state index < -0.39 is 5.91 Å². The minimum absolute atomic E-state index is 0.159. The second-order valence-electron chi connectivity index (χ2n) is 6.44. The summed E-state index contributed by atoms with van der Waals surface area (Å²) in [6.45, 7) is 4.08. The first-order valence-electron chi connectivity index (χ1n) is 8.93. The molecule has 0 bridgehead atoms. The largest absolute Gasteiger partial charge is 0.379 e. The molecule has 148 valence electrons. The van der Waals surface area contributed by atoms with E-state index >= 15 is 0 Å². The Morgan fingerprint density at radius 1 is 1.04 bits per heavy atom. The van der Waals surface area contributed by atoms with E-state index in [1.807, 2.05) is 24.3 Å². The number of carbonyl (C=O) groups is 2. The van der Waals surface area contributed by atoms with Gasteiger partial charge >= 0.3 is 0 Å². The van der Waals surface area contributed by atoms with Crippen LogP contribution in [0.25, 0.3) is 0 Å². The molecule has 0 aromatic heterocycles. The Balaban J connectivity index is 1.47. The molecule has 2 N–H and O–H groups in total. The molecule has 0 atom stereocenters. The molecule has 0 saturated carbocycles. The number of nitrogens with zero attached hydrogens (tertiary/aromatic N) is 1. The van der Waals surface area contributed by atoms with Gasteiger partial charge in [-0.3, -0.25) is 14.5 Å². The van der Waals surface area contributed by atoms with E-state index in [-0.39, 0.29) is 23.0 Å². The third-order valence-electron chi connectivity index (χ3n) is 4.33. The van der Waals surface area contributed by atoms with Crippen LogP contribution in [0.5, 0.6) is 0 Å². The van der Waals surface area contributed by atoms with Gasteiger partial charge in [0.2, 0.25) is 5.91 Å². The quantitative estimate of drug-likeness (QED) is 0.750. The summed E-state index contributed by atoms with van der Waals surface area (Å²) in [5.41, 5.74) is 2.12. The molecule has 1 aliphatic heterocycles. The SMILES string of the molecule is O=C(CNC(=O)c1ccc(Cl)cc1Cl)Nc1ccc(CN2CCOCC2)cc1. The first kappa shape index (κ1) is 20.6. The highest BCUT2D eigenvalue weighted by Crippen LogP contribution is 2.20. The molecule has 2 aromatic carbocycles. The van der Waals surface area contributed by atoms with Gasteiger partial charge in [0, 0.05) is 30.3 Å². The number of carbonyl (C=O) groups excluding carboxylic acids is 2. The molecule has 0 aliphatic carbocycles. The average Bonchev–Trinajstić information content (AvgIpc) is 2.68. The van der Waals surface area contributed by atoms with Crippen LogP contribution in [-0.4, -0.2) is 49.6 Å². The van der Waals surface area contributed by atoms with Gasteiger partial charge in [0.15, 0.2) is 0 Å². The van der Waals surface area contributed by atoms with Gasteiger partial charge in [-0.25, -0.2) is 0 Å². The van der Waals surface area contributed by atoms with Gasteiger partial charge in [0.25, 0.3) is 5.91 Å². The number of morpholine rings is 1. The van der Waals surface area contributed by atoms with Crippen molar-refractivity contribution < 1.29 is 14.3 Å². The lowest BCUT2D eigenvalue weighted by Gasteiger charge is -2.26. The minimum atomic E-state index is -0.433. The molecule has 3 rings (SSSR count). The van der Waals surface area contributed by atoms with Crippen molar-refractivity contribution in [2.45, 2.75) is 6.54 Å². The Hall–Kier alpha value is -2.12. The number of benzene rings is 2. The van der Waals surface area contributed by atoms with Crippen LogP contribution in [0.3, 0.4) is 0 Å². The zero-order chi connectivity index (χ0) is 19.9. The molecular formula is C20H21Cl2N3O3. The Morgan fingerprint density at radius 3 is 2.43 bits per heavy atom. The highest BCUT2D eigenvalue weighted by atomic mass is 35.5. The normalized spacial score (nSPS) is 14.5. The molecule has 28 heavy (non-hydrogen) atoms. The van der Waals surface area contributed by atoms with Gasteiger partial charge < -0.3 is 15.4 Å². The Bertz CT molecular complexity index is 837. The maximum Gasteiger partial charge on any atom is 0.253 e. The lowest BCUT2D eigenvalue weighted by molar-refractivity contribution is -0.115. The van der Waals surface area contributed by atoms with Crippen LogP contribution in [0.1, 0.15) is 15.9 Å². The minimum Gasteiger partial charge on any atom is -0.379 e. The van der Waals surface area contributed by atoms with Crippen molar-refractivity contribution in [3.63, 3.8) is 0 Å². The predicted octanol–water partition coefficient (Wildman–Crippen LogP) is 3.19. The highest BCUT2D eigenvalue weighted by molar-refractivity contribution is 6.36. The number of hydrogen-bond donors (Lipinski definition) is 2. The zero-order valence-corrected chi connectivity index (χ0v) is 16.7. The summed E-state index contributed by atoms with van der Waals surface area (Å²) in [4.78, 5) is 26.6. The molecule has 2 amide bonds. The van der Waals surface area contributed by atoms with Crippen LogP contribution < -0.4 is 10.6 Å². The lowest BCUT2D eigenvalue weighted by atomic mass is 10.2. The molecule has 0 spiro atoms. The van der Waals surface area contributed by atoms with Gasteiger partial charge in [-0.1, -0.05) is 35.3 Å². The molecule has 1 saturated heterocycles. The van der Waals surface area contributed by atoms with E-state index in [1.54, 1.807) is 6.07 Å². The maximum atomic E-state index is 12.1. The molecule has 1 aliphatic rings. The van der Waals surface area contributed by atoms with Crippen LogP contribution in [-0.2, 0) is 16.1 Å². The standard InChI is InChI=1S/C20H21Cl2N3O3/c21-15-3-6-17(18(22)11-15)20(27)23-12-19(26)24-16-4-1-14(2-5-16)13-25-7-9-28-10-8-25/h1-6,11H,7-10,12-13H2,(H,23,27)(H,24,26).